The fourth-order valence-corrected chi connectivity index (χ4v) is 4.29. The lowest BCUT2D eigenvalue weighted by Crippen LogP contribution is -2.41. The second-order valence-electron chi connectivity index (χ2n) is 6.59. The summed E-state index contributed by atoms with van der Waals surface area (Å²) in [5.41, 5.74) is 2.41. The molecule has 1 saturated heterocycles. The van der Waals surface area contributed by atoms with E-state index >= 15 is 0 Å². The van der Waals surface area contributed by atoms with Gasteiger partial charge < -0.3 is 4.90 Å². The van der Waals surface area contributed by atoms with Crippen LogP contribution in [0.15, 0.2) is 59.5 Å². The molecule has 1 amide bonds. The molecular weight excluding hydrogens is 314 g/mol. The lowest BCUT2D eigenvalue weighted by molar-refractivity contribution is -0.133. The Bertz CT molecular complexity index is 660. The van der Waals surface area contributed by atoms with E-state index in [1.54, 1.807) is 0 Å². The van der Waals surface area contributed by atoms with Crippen LogP contribution >= 0.6 is 11.8 Å². The highest BCUT2D eigenvalue weighted by atomic mass is 32.2. The molecule has 2 nitrogen and oxygen atoms in total. The minimum Gasteiger partial charge on any atom is -0.342 e. The van der Waals surface area contributed by atoms with Crippen LogP contribution in [0.2, 0.25) is 0 Å². The Balaban J connectivity index is 1.53. The minimum absolute atomic E-state index is 0.0486. The quantitative estimate of drug-likeness (QED) is 0.791. The molecule has 1 aliphatic heterocycles. The summed E-state index contributed by atoms with van der Waals surface area (Å²) >= 11 is 1.95. The molecule has 0 aliphatic carbocycles. The number of rotatable bonds is 4. The van der Waals surface area contributed by atoms with Crippen molar-refractivity contribution in [2.45, 2.75) is 42.8 Å². The third-order valence-corrected chi connectivity index (χ3v) is 6.10. The van der Waals surface area contributed by atoms with Crippen LogP contribution in [-0.4, -0.2) is 29.1 Å². The number of likely N-dealkylation sites (tertiary alicyclic amines) is 1. The Hall–Kier alpha value is -1.74. The number of carbonyl (C=O) groups is 1. The van der Waals surface area contributed by atoms with Crippen molar-refractivity contribution in [2.75, 3.05) is 13.1 Å². The first-order valence-electron chi connectivity index (χ1n) is 8.70. The Morgan fingerprint density at radius 1 is 1.04 bits per heavy atom. The van der Waals surface area contributed by atoms with Gasteiger partial charge in [0.05, 0.1) is 5.92 Å². The zero-order chi connectivity index (χ0) is 16.9. The average molecular weight is 340 g/mol. The van der Waals surface area contributed by atoms with E-state index in [4.69, 9.17) is 0 Å². The molecule has 24 heavy (non-hydrogen) atoms. The van der Waals surface area contributed by atoms with E-state index < -0.39 is 0 Å². The maximum absolute atomic E-state index is 12.7. The van der Waals surface area contributed by atoms with Gasteiger partial charge in [0.1, 0.15) is 0 Å². The zero-order valence-electron chi connectivity index (χ0n) is 14.4. The summed E-state index contributed by atoms with van der Waals surface area (Å²) in [4.78, 5) is 16.1. The zero-order valence-corrected chi connectivity index (χ0v) is 15.3. The number of amides is 1. The van der Waals surface area contributed by atoms with E-state index in [0.717, 1.165) is 31.5 Å². The molecule has 0 bridgehead atoms. The Labute approximate surface area is 149 Å². The summed E-state index contributed by atoms with van der Waals surface area (Å²) in [6, 6.07) is 18.8. The molecule has 0 radical (unpaired) electrons. The van der Waals surface area contributed by atoms with Crippen molar-refractivity contribution >= 4 is 17.7 Å². The summed E-state index contributed by atoms with van der Waals surface area (Å²) in [6.45, 7) is 5.89. The molecular formula is C21H25NOS. The van der Waals surface area contributed by atoms with Crippen LogP contribution in [0.4, 0.5) is 0 Å². The first-order chi connectivity index (χ1) is 11.6. The van der Waals surface area contributed by atoms with E-state index in [-0.39, 0.29) is 11.8 Å². The third kappa shape index (κ3) is 4.21. The van der Waals surface area contributed by atoms with Gasteiger partial charge in [0, 0.05) is 23.2 Å². The molecule has 1 heterocycles. The van der Waals surface area contributed by atoms with Gasteiger partial charge in [-0.25, -0.2) is 0 Å². The second-order valence-corrected chi connectivity index (χ2v) is 7.96. The molecule has 1 atom stereocenters. The van der Waals surface area contributed by atoms with Crippen LogP contribution in [0.3, 0.4) is 0 Å². The number of hydrogen-bond donors (Lipinski definition) is 0. The summed E-state index contributed by atoms with van der Waals surface area (Å²) in [7, 11) is 0. The van der Waals surface area contributed by atoms with Crippen LogP contribution in [0.1, 0.15) is 36.8 Å². The minimum atomic E-state index is -0.0486. The van der Waals surface area contributed by atoms with Gasteiger partial charge >= 0.3 is 0 Å². The predicted octanol–water partition coefficient (Wildman–Crippen LogP) is 4.88. The van der Waals surface area contributed by atoms with Crippen LogP contribution in [-0.2, 0) is 4.79 Å². The Morgan fingerprint density at radius 3 is 2.29 bits per heavy atom. The Kier molecular flexibility index (Phi) is 5.62. The normalized spacial score (nSPS) is 16.8. The standard InChI is InChI=1S/C21H25NOS/c1-16-8-10-19(11-9-16)24-20-12-14-22(15-13-20)21(23)17(2)18-6-4-3-5-7-18/h3-11,17,20H,12-15H2,1-2H3/t17-/m1/s1. The molecule has 0 unspecified atom stereocenters. The average Bonchev–Trinajstić information content (AvgIpc) is 2.64. The van der Waals surface area contributed by atoms with E-state index in [2.05, 4.69) is 31.2 Å². The number of benzene rings is 2. The van der Waals surface area contributed by atoms with E-state index in [1.165, 1.54) is 10.5 Å². The number of thioether (sulfide) groups is 1. The van der Waals surface area contributed by atoms with Crippen molar-refractivity contribution in [1.29, 1.82) is 0 Å². The van der Waals surface area contributed by atoms with Crippen molar-refractivity contribution < 1.29 is 4.79 Å². The van der Waals surface area contributed by atoms with Crippen molar-refractivity contribution in [3.8, 4) is 0 Å². The fraction of sp³-hybridized carbons (Fsp3) is 0.381. The summed E-state index contributed by atoms with van der Waals surface area (Å²) in [5.74, 6) is 0.215. The van der Waals surface area contributed by atoms with Gasteiger partial charge in [-0.3, -0.25) is 4.79 Å². The number of hydrogen-bond acceptors (Lipinski definition) is 2. The molecule has 3 rings (SSSR count). The van der Waals surface area contributed by atoms with E-state index in [0.29, 0.717) is 5.25 Å². The SMILES string of the molecule is Cc1ccc(SC2CCN(C(=O)[C@H](C)c3ccccc3)CC2)cc1. The van der Waals surface area contributed by atoms with Gasteiger partial charge in [0.2, 0.25) is 5.91 Å². The van der Waals surface area contributed by atoms with Gasteiger partial charge in [-0.05, 0) is 44.4 Å². The van der Waals surface area contributed by atoms with Gasteiger partial charge in [0.15, 0.2) is 0 Å². The number of piperidine rings is 1. The van der Waals surface area contributed by atoms with Crippen molar-refractivity contribution in [2.24, 2.45) is 0 Å². The van der Waals surface area contributed by atoms with Crippen LogP contribution in [0.5, 0.6) is 0 Å². The Morgan fingerprint density at radius 2 is 1.67 bits per heavy atom. The molecule has 0 N–H and O–H groups in total. The van der Waals surface area contributed by atoms with Crippen molar-refractivity contribution in [3.63, 3.8) is 0 Å². The van der Waals surface area contributed by atoms with Crippen LogP contribution < -0.4 is 0 Å². The second kappa shape index (κ2) is 7.89. The number of nitrogens with zero attached hydrogens (tertiary/aromatic N) is 1. The molecule has 0 spiro atoms. The summed E-state index contributed by atoms with van der Waals surface area (Å²) in [5, 5.41) is 0.615. The van der Waals surface area contributed by atoms with Crippen molar-refractivity contribution in [1.82, 2.24) is 4.90 Å². The molecule has 3 heteroatoms. The largest absolute Gasteiger partial charge is 0.342 e. The van der Waals surface area contributed by atoms with Gasteiger partial charge in [-0.15, -0.1) is 11.8 Å². The first-order valence-corrected chi connectivity index (χ1v) is 9.58. The first kappa shape index (κ1) is 17.1. The molecule has 2 aromatic carbocycles. The highest BCUT2D eigenvalue weighted by Crippen LogP contribution is 2.31. The predicted molar refractivity (Wildman–Crippen MR) is 101 cm³/mol. The fourth-order valence-electron chi connectivity index (χ4n) is 3.16. The van der Waals surface area contributed by atoms with Gasteiger partial charge in [-0.1, -0.05) is 48.0 Å². The lowest BCUT2D eigenvalue weighted by Gasteiger charge is -2.33. The molecule has 2 aromatic rings. The number of carbonyl (C=O) groups excluding carboxylic acids is 1. The third-order valence-electron chi connectivity index (χ3n) is 4.75. The maximum atomic E-state index is 12.7. The molecule has 1 fully saturated rings. The summed E-state index contributed by atoms with van der Waals surface area (Å²) < 4.78 is 0. The monoisotopic (exact) mass is 339 g/mol. The highest BCUT2D eigenvalue weighted by molar-refractivity contribution is 8.00. The highest BCUT2D eigenvalue weighted by Gasteiger charge is 2.27. The molecule has 0 saturated carbocycles. The van der Waals surface area contributed by atoms with Crippen molar-refractivity contribution in [3.05, 3.63) is 65.7 Å². The molecule has 1 aliphatic rings. The smallest absolute Gasteiger partial charge is 0.229 e. The van der Waals surface area contributed by atoms with Crippen LogP contribution in [0.25, 0.3) is 0 Å². The van der Waals surface area contributed by atoms with E-state index in [9.17, 15) is 4.79 Å². The van der Waals surface area contributed by atoms with Crippen LogP contribution in [0, 0.1) is 6.92 Å². The molecule has 126 valence electrons. The van der Waals surface area contributed by atoms with E-state index in [1.807, 2.05) is 53.9 Å². The summed E-state index contributed by atoms with van der Waals surface area (Å²) in [6.07, 6.45) is 2.15. The number of aryl methyl sites for hydroxylation is 1. The maximum Gasteiger partial charge on any atom is 0.229 e. The van der Waals surface area contributed by atoms with Gasteiger partial charge in [0.25, 0.3) is 0 Å². The molecule has 0 aromatic heterocycles. The van der Waals surface area contributed by atoms with Gasteiger partial charge in [-0.2, -0.15) is 0 Å². The lowest BCUT2D eigenvalue weighted by atomic mass is 9.98. The topological polar surface area (TPSA) is 20.3 Å².